The van der Waals surface area contributed by atoms with Gasteiger partial charge in [-0.1, -0.05) is 0 Å². The lowest BCUT2D eigenvalue weighted by Crippen LogP contribution is -2.01. The van der Waals surface area contributed by atoms with Crippen molar-refractivity contribution in [3.63, 3.8) is 0 Å². The number of anilines is 1. The van der Waals surface area contributed by atoms with Crippen LogP contribution in [0.2, 0.25) is 0 Å². The molecule has 0 aliphatic rings. The predicted octanol–water partition coefficient (Wildman–Crippen LogP) is 2.70. The zero-order valence-corrected chi connectivity index (χ0v) is 11.0. The van der Waals surface area contributed by atoms with Crippen LogP contribution in [-0.2, 0) is 11.3 Å². The molecule has 2 N–H and O–H groups in total. The highest BCUT2D eigenvalue weighted by atomic mass is 79.9. The normalized spacial score (nSPS) is 10.6. The number of nitrogens with two attached hydrogens (primary N) is 1. The average molecular weight is 300 g/mol. The minimum absolute atomic E-state index is 0.362. The smallest absolute Gasteiger partial charge is 0.157 e. The molecule has 4 nitrogen and oxygen atoms in total. The Kier molecular flexibility index (Phi) is 3.52. The summed E-state index contributed by atoms with van der Waals surface area (Å²) in [6, 6.07) is 3.74. The van der Waals surface area contributed by atoms with Crippen LogP contribution in [0.4, 0.5) is 5.82 Å². The number of nitrogens with zero attached hydrogens (tertiary/aromatic N) is 2. The molecule has 0 amide bonds. The fourth-order valence-electron chi connectivity index (χ4n) is 1.30. The summed E-state index contributed by atoms with van der Waals surface area (Å²) in [5, 5.41) is 1.99. The summed E-state index contributed by atoms with van der Waals surface area (Å²) in [5.74, 6) is 1.05. The highest BCUT2D eigenvalue weighted by molar-refractivity contribution is 9.10. The van der Waals surface area contributed by atoms with Crippen LogP contribution in [0, 0.1) is 0 Å². The zero-order valence-electron chi connectivity index (χ0n) is 8.61. The molecule has 0 spiro atoms. The number of ether oxygens (including phenoxy) is 1. The topological polar surface area (TPSA) is 61.0 Å². The summed E-state index contributed by atoms with van der Waals surface area (Å²) in [5.41, 5.74) is 6.55. The van der Waals surface area contributed by atoms with Crippen LogP contribution in [0.3, 0.4) is 0 Å². The van der Waals surface area contributed by atoms with Crippen molar-refractivity contribution < 1.29 is 4.74 Å². The van der Waals surface area contributed by atoms with E-state index in [9.17, 15) is 0 Å². The quantitative estimate of drug-likeness (QED) is 0.946. The second-order valence-electron chi connectivity index (χ2n) is 3.12. The van der Waals surface area contributed by atoms with E-state index in [1.54, 1.807) is 24.5 Å². The van der Waals surface area contributed by atoms with Gasteiger partial charge in [0.15, 0.2) is 5.82 Å². The van der Waals surface area contributed by atoms with E-state index in [0.717, 1.165) is 15.0 Å². The zero-order chi connectivity index (χ0) is 11.5. The summed E-state index contributed by atoms with van der Waals surface area (Å²) in [6.45, 7) is 0.362. The molecule has 0 aliphatic carbocycles. The fraction of sp³-hybridized carbons (Fsp3) is 0.200. The Labute approximate surface area is 106 Å². The first-order chi connectivity index (χ1) is 7.70. The Morgan fingerprint density at radius 3 is 2.94 bits per heavy atom. The lowest BCUT2D eigenvalue weighted by molar-refractivity contribution is 0.178. The van der Waals surface area contributed by atoms with Crippen LogP contribution in [0.25, 0.3) is 10.6 Å². The Bertz CT molecular complexity index is 501. The van der Waals surface area contributed by atoms with Crippen molar-refractivity contribution in [1.29, 1.82) is 0 Å². The van der Waals surface area contributed by atoms with Crippen molar-refractivity contribution >= 4 is 33.1 Å². The molecule has 0 fully saturated rings. The first-order valence-corrected chi connectivity index (χ1v) is 6.23. The van der Waals surface area contributed by atoms with E-state index in [2.05, 4.69) is 25.9 Å². The van der Waals surface area contributed by atoms with Gasteiger partial charge in [0.2, 0.25) is 0 Å². The lowest BCUT2D eigenvalue weighted by atomic mass is 10.3. The van der Waals surface area contributed by atoms with Gasteiger partial charge in [0.25, 0.3) is 0 Å². The van der Waals surface area contributed by atoms with Gasteiger partial charge in [-0.15, -0.1) is 11.3 Å². The third-order valence-electron chi connectivity index (χ3n) is 1.92. The first kappa shape index (κ1) is 11.5. The highest BCUT2D eigenvalue weighted by Crippen LogP contribution is 2.32. The third-order valence-corrected chi connectivity index (χ3v) is 3.78. The van der Waals surface area contributed by atoms with Crippen LogP contribution >= 0.6 is 27.3 Å². The van der Waals surface area contributed by atoms with Gasteiger partial charge in [-0.2, -0.15) is 0 Å². The maximum Gasteiger partial charge on any atom is 0.157 e. The molecule has 84 valence electrons. The van der Waals surface area contributed by atoms with Crippen molar-refractivity contribution in [2.24, 2.45) is 0 Å². The maximum absolute atomic E-state index is 5.73. The molecule has 0 saturated carbocycles. The summed E-state index contributed by atoms with van der Waals surface area (Å²) < 4.78 is 6.01. The molecule has 0 bridgehead atoms. The van der Waals surface area contributed by atoms with Gasteiger partial charge < -0.3 is 10.5 Å². The summed E-state index contributed by atoms with van der Waals surface area (Å²) in [6.07, 6.45) is 0. The predicted molar refractivity (Wildman–Crippen MR) is 68.2 cm³/mol. The first-order valence-electron chi connectivity index (χ1n) is 4.56. The van der Waals surface area contributed by atoms with Crippen molar-refractivity contribution in [3.05, 3.63) is 27.8 Å². The monoisotopic (exact) mass is 299 g/mol. The Balaban J connectivity index is 2.45. The minimum Gasteiger partial charge on any atom is -0.384 e. The maximum atomic E-state index is 5.73. The number of rotatable bonds is 3. The largest absolute Gasteiger partial charge is 0.384 e. The minimum atomic E-state index is 0.362. The van der Waals surface area contributed by atoms with Crippen LogP contribution in [0.5, 0.6) is 0 Å². The Hall–Kier alpha value is -0.980. The van der Waals surface area contributed by atoms with E-state index >= 15 is 0 Å². The molecule has 0 aromatic carbocycles. The van der Waals surface area contributed by atoms with Gasteiger partial charge in [0.1, 0.15) is 12.4 Å². The number of methoxy groups -OCH3 is 1. The van der Waals surface area contributed by atoms with Gasteiger partial charge in [-0.3, -0.25) is 0 Å². The standard InChI is InChI=1S/C10H10BrN3OS/c1-15-5-9-13-7(4-8(12)14-9)10-6(11)2-3-16-10/h2-4H,5H2,1H3,(H2,12,13,14). The van der Waals surface area contributed by atoms with Gasteiger partial charge in [0.05, 0.1) is 10.6 Å². The molecule has 0 aliphatic heterocycles. The van der Waals surface area contributed by atoms with Crippen molar-refractivity contribution in [1.82, 2.24) is 9.97 Å². The van der Waals surface area contributed by atoms with E-state index in [1.807, 2.05) is 11.4 Å². The van der Waals surface area contributed by atoms with Crippen molar-refractivity contribution in [2.45, 2.75) is 6.61 Å². The molecule has 0 saturated heterocycles. The highest BCUT2D eigenvalue weighted by Gasteiger charge is 2.09. The average Bonchev–Trinajstić information content (AvgIpc) is 2.64. The SMILES string of the molecule is COCc1nc(N)cc(-c2sccc2Br)n1. The van der Waals surface area contributed by atoms with E-state index in [1.165, 1.54) is 0 Å². The summed E-state index contributed by atoms with van der Waals surface area (Å²) >= 11 is 5.07. The second-order valence-corrected chi connectivity index (χ2v) is 4.90. The molecule has 6 heteroatoms. The van der Waals surface area contributed by atoms with E-state index in [-0.39, 0.29) is 0 Å². The number of hydrogen-bond donors (Lipinski definition) is 1. The molecule has 2 aromatic rings. The number of aromatic nitrogens is 2. The van der Waals surface area contributed by atoms with Crippen LogP contribution < -0.4 is 5.73 Å². The molecule has 0 unspecified atom stereocenters. The van der Waals surface area contributed by atoms with E-state index in [4.69, 9.17) is 10.5 Å². The molecule has 0 radical (unpaired) electrons. The molecular weight excluding hydrogens is 290 g/mol. The summed E-state index contributed by atoms with van der Waals surface area (Å²) in [4.78, 5) is 9.53. The lowest BCUT2D eigenvalue weighted by Gasteiger charge is -2.04. The molecule has 2 heterocycles. The van der Waals surface area contributed by atoms with Crippen LogP contribution in [-0.4, -0.2) is 17.1 Å². The van der Waals surface area contributed by atoms with Crippen LogP contribution in [0.15, 0.2) is 22.0 Å². The number of hydrogen-bond acceptors (Lipinski definition) is 5. The van der Waals surface area contributed by atoms with E-state index in [0.29, 0.717) is 18.2 Å². The molecular formula is C10H10BrN3OS. The van der Waals surface area contributed by atoms with Gasteiger partial charge in [0, 0.05) is 17.6 Å². The number of thiophene rings is 1. The number of nitrogen functional groups attached to an aromatic ring is 1. The number of halogens is 1. The third kappa shape index (κ3) is 2.40. The summed E-state index contributed by atoms with van der Waals surface area (Å²) in [7, 11) is 1.60. The molecule has 2 aromatic heterocycles. The Morgan fingerprint density at radius 1 is 1.50 bits per heavy atom. The van der Waals surface area contributed by atoms with Crippen LogP contribution in [0.1, 0.15) is 5.82 Å². The molecule has 2 rings (SSSR count). The van der Waals surface area contributed by atoms with Gasteiger partial charge in [-0.05, 0) is 27.4 Å². The fourth-order valence-corrected chi connectivity index (χ4v) is 2.84. The van der Waals surface area contributed by atoms with Crippen molar-refractivity contribution in [3.8, 4) is 10.6 Å². The van der Waals surface area contributed by atoms with Gasteiger partial charge >= 0.3 is 0 Å². The van der Waals surface area contributed by atoms with E-state index < -0.39 is 0 Å². The Morgan fingerprint density at radius 2 is 2.31 bits per heavy atom. The molecule has 16 heavy (non-hydrogen) atoms. The van der Waals surface area contributed by atoms with Gasteiger partial charge in [-0.25, -0.2) is 9.97 Å². The van der Waals surface area contributed by atoms with Crippen molar-refractivity contribution in [2.75, 3.05) is 12.8 Å². The second kappa shape index (κ2) is 4.90. The molecule has 0 atom stereocenters.